The predicted octanol–water partition coefficient (Wildman–Crippen LogP) is 6.00. The second-order valence-electron chi connectivity index (χ2n) is 7.66. The van der Waals surface area contributed by atoms with Crippen LogP contribution in [-0.4, -0.2) is 16.9 Å². The van der Waals surface area contributed by atoms with Crippen LogP contribution in [0.4, 0.5) is 17.6 Å². The highest BCUT2D eigenvalue weighted by Crippen LogP contribution is 2.38. The van der Waals surface area contributed by atoms with E-state index in [9.17, 15) is 22.4 Å². The Bertz CT molecular complexity index is 1030. The number of halogens is 4. The van der Waals surface area contributed by atoms with Gasteiger partial charge in [-0.2, -0.15) is 13.2 Å². The quantitative estimate of drug-likeness (QED) is 0.473. The van der Waals surface area contributed by atoms with Crippen molar-refractivity contribution in [3.8, 4) is 0 Å². The van der Waals surface area contributed by atoms with Crippen molar-refractivity contribution in [2.45, 2.75) is 39.3 Å². The van der Waals surface area contributed by atoms with Crippen molar-refractivity contribution in [3.05, 3.63) is 77.2 Å². The van der Waals surface area contributed by atoms with Gasteiger partial charge in [0.1, 0.15) is 17.1 Å². The minimum Gasteiger partial charge on any atom is -0.299 e. The Morgan fingerprint density at radius 1 is 1.03 bits per heavy atom. The first-order valence-corrected chi connectivity index (χ1v) is 9.26. The number of nitrogens with zero attached hydrogens (tertiary/aromatic N) is 1. The Labute approximate surface area is 166 Å². The number of carbonyl (C=O) groups is 1. The number of benzene rings is 2. The van der Waals surface area contributed by atoms with Crippen molar-refractivity contribution in [2.24, 2.45) is 5.41 Å². The number of fused-ring (bicyclic) bond motifs is 1. The number of aryl methyl sites for hydroxylation is 1. The predicted molar refractivity (Wildman–Crippen MR) is 104 cm³/mol. The molecular formula is C23H21F4NO. The molecule has 1 aromatic heterocycles. The molecule has 0 amide bonds. The molecule has 0 aliphatic rings. The van der Waals surface area contributed by atoms with E-state index in [4.69, 9.17) is 0 Å². The van der Waals surface area contributed by atoms with E-state index in [1.807, 2.05) is 0 Å². The van der Waals surface area contributed by atoms with E-state index in [1.54, 1.807) is 49.4 Å². The molecule has 0 N–H and O–H groups in total. The third-order valence-corrected chi connectivity index (χ3v) is 5.14. The fourth-order valence-electron chi connectivity index (χ4n) is 3.61. The number of hydrogen-bond donors (Lipinski definition) is 0. The van der Waals surface area contributed by atoms with Crippen LogP contribution in [0.15, 0.2) is 54.6 Å². The molecule has 1 heterocycles. The molecule has 0 fully saturated rings. The van der Waals surface area contributed by atoms with E-state index in [0.717, 1.165) is 0 Å². The molecule has 29 heavy (non-hydrogen) atoms. The number of carbonyl (C=O) groups excluding carboxylic acids is 1. The number of para-hydroxylation sites is 1. The molecule has 3 aromatic rings. The summed E-state index contributed by atoms with van der Waals surface area (Å²) in [4.78, 5) is 17.3. The standard InChI is InChI=1S/C23H21F4NO/c1-15-18(11-17-9-6-10-19(24)21(17)28-15)12-20(29)22(2,14-23(25,26)27)13-16-7-4-3-5-8-16/h3-11H,12-14H2,1-2H3. The molecule has 1 atom stereocenters. The van der Waals surface area contributed by atoms with Crippen LogP contribution in [0.1, 0.15) is 30.2 Å². The second kappa shape index (κ2) is 7.93. The third-order valence-electron chi connectivity index (χ3n) is 5.14. The topological polar surface area (TPSA) is 30.0 Å². The van der Waals surface area contributed by atoms with E-state index in [2.05, 4.69) is 4.98 Å². The fourth-order valence-corrected chi connectivity index (χ4v) is 3.61. The SMILES string of the molecule is Cc1nc2c(F)cccc2cc1CC(=O)C(C)(Cc1ccccc1)CC(F)(F)F. The maximum atomic E-state index is 13.9. The normalized spacial score (nSPS) is 14.0. The number of pyridine rings is 1. The molecule has 0 aliphatic carbocycles. The summed E-state index contributed by atoms with van der Waals surface area (Å²) in [5.41, 5.74) is 0.189. The van der Waals surface area contributed by atoms with Crippen molar-refractivity contribution < 1.29 is 22.4 Å². The van der Waals surface area contributed by atoms with Gasteiger partial charge < -0.3 is 0 Å². The minimum atomic E-state index is -4.47. The van der Waals surface area contributed by atoms with Gasteiger partial charge >= 0.3 is 6.18 Å². The zero-order valence-corrected chi connectivity index (χ0v) is 16.2. The molecule has 152 valence electrons. The Balaban J connectivity index is 1.94. The monoisotopic (exact) mass is 403 g/mol. The molecule has 2 aromatic carbocycles. The summed E-state index contributed by atoms with van der Waals surface area (Å²) in [7, 11) is 0. The summed E-state index contributed by atoms with van der Waals surface area (Å²) in [5, 5.41) is 0.513. The summed E-state index contributed by atoms with van der Waals surface area (Å²) < 4.78 is 53.8. The largest absolute Gasteiger partial charge is 0.390 e. The van der Waals surface area contributed by atoms with E-state index in [0.29, 0.717) is 22.2 Å². The van der Waals surface area contributed by atoms with Crippen molar-refractivity contribution in [1.82, 2.24) is 4.98 Å². The summed E-state index contributed by atoms with van der Waals surface area (Å²) in [6.07, 6.45) is -5.88. The van der Waals surface area contributed by atoms with Gasteiger partial charge in [-0.3, -0.25) is 4.79 Å². The lowest BCUT2D eigenvalue weighted by molar-refractivity contribution is -0.165. The first-order chi connectivity index (χ1) is 13.6. The van der Waals surface area contributed by atoms with Gasteiger partial charge in [-0.15, -0.1) is 0 Å². The molecule has 0 saturated heterocycles. The Kier molecular flexibility index (Phi) is 5.73. The Morgan fingerprint density at radius 3 is 2.38 bits per heavy atom. The van der Waals surface area contributed by atoms with Crippen LogP contribution in [0.5, 0.6) is 0 Å². The Hall–Kier alpha value is -2.76. The fraction of sp³-hybridized carbons (Fsp3) is 0.304. The molecule has 6 heteroatoms. The van der Waals surface area contributed by atoms with Gasteiger partial charge in [-0.05, 0) is 36.6 Å². The van der Waals surface area contributed by atoms with Gasteiger partial charge in [0, 0.05) is 22.9 Å². The molecule has 0 aliphatic heterocycles. The molecule has 3 rings (SSSR count). The maximum Gasteiger partial charge on any atom is 0.390 e. The highest BCUT2D eigenvalue weighted by Gasteiger charge is 2.44. The zero-order chi connectivity index (χ0) is 21.2. The van der Waals surface area contributed by atoms with E-state index < -0.39 is 29.6 Å². The van der Waals surface area contributed by atoms with Gasteiger partial charge in [-0.25, -0.2) is 9.37 Å². The smallest absolute Gasteiger partial charge is 0.299 e. The average molecular weight is 403 g/mol. The number of rotatable bonds is 6. The van der Waals surface area contributed by atoms with Crippen LogP contribution in [0.2, 0.25) is 0 Å². The highest BCUT2D eigenvalue weighted by atomic mass is 19.4. The first kappa shape index (κ1) is 21.0. The van der Waals surface area contributed by atoms with Crippen LogP contribution in [0.3, 0.4) is 0 Å². The van der Waals surface area contributed by atoms with Crippen molar-refractivity contribution >= 4 is 16.7 Å². The lowest BCUT2D eigenvalue weighted by Gasteiger charge is -2.29. The summed E-state index contributed by atoms with van der Waals surface area (Å²) >= 11 is 0. The average Bonchev–Trinajstić information content (AvgIpc) is 2.62. The van der Waals surface area contributed by atoms with Crippen molar-refractivity contribution in [3.63, 3.8) is 0 Å². The minimum absolute atomic E-state index is 0.0130. The second-order valence-corrected chi connectivity index (χ2v) is 7.66. The van der Waals surface area contributed by atoms with Gasteiger partial charge in [0.2, 0.25) is 0 Å². The molecule has 2 nitrogen and oxygen atoms in total. The molecule has 0 bridgehead atoms. The molecule has 0 saturated carbocycles. The van der Waals surface area contributed by atoms with Crippen LogP contribution < -0.4 is 0 Å². The van der Waals surface area contributed by atoms with Gasteiger partial charge in [0.15, 0.2) is 0 Å². The third kappa shape index (κ3) is 5.00. The lowest BCUT2D eigenvalue weighted by Crippen LogP contribution is -2.36. The summed E-state index contributed by atoms with van der Waals surface area (Å²) in [6, 6.07) is 14.8. The van der Waals surface area contributed by atoms with Crippen LogP contribution in [0.25, 0.3) is 10.9 Å². The molecule has 0 spiro atoms. The molecule has 1 unspecified atom stereocenters. The van der Waals surface area contributed by atoms with Crippen LogP contribution in [-0.2, 0) is 17.6 Å². The van der Waals surface area contributed by atoms with E-state index in [-0.39, 0.29) is 18.4 Å². The van der Waals surface area contributed by atoms with Gasteiger partial charge in [0.05, 0.1) is 6.42 Å². The van der Waals surface area contributed by atoms with Gasteiger partial charge in [-0.1, -0.05) is 49.4 Å². The van der Waals surface area contributed by atoms with Crippen molar-refractivity contribution in [2.75, 3.05) is 0 Å². The zero-order valence-electron chi connectivity index (χ0n) is 16.2. The van der Waals surface area contributed by atoms with E-state index in [1.165, 1.54) is 19.1 Å². The lowest BCUT2D eigenvalue weighted by atomic mass is 9.74. The number of ketones is 1. The van der Waals surface area contributed by atoms with Crippen molar-refractivity contribution in [1.29, 1.82) is 0 Å². The number of hydrogen-bond acceptors (Lipinski definition) is 2. The summed E-state index contributed by atoms with van der Waals surface area (Å²) in [6.45, 7) is 2.99. The van der Waals surface area contributed by atoms with Crippen LogP contribution >= 0.6 is 0 Å². The summed E-state index contributed by atoms with van der Waals surface area (Å²) in [5.74, 6) is -0.992. The first-order valence-electron chi connectivity index (χ1n) is 9.26. The highest BCUT2D eigenvalue weighted by molar-refractivity contribution is 5.88. The van der Waals surface area contributed by atoms with E-state index >= 15 is 0 Å². The Morgan fingerprint density at radius 2 is 1.72 bits per heavy atom. The van der Waals surface area contributed by atoms with Crippen LogP contribution in [0, 0.1) is 18.2 Å². The number of alkyl halides is 3. The number of aromatic nitrogens is 1. The molecule has 0 radical (unpaired) electrons. The molecular weight excluding hydrogens is 382 g/mol. The van der Waals surface area contributed by atoms with Gasteiger partial charge in [0.25, 0.3) is 0 Å². The maximum absolute atomic E-state index is 13.9. The number of Topliss-reactive ketones (excluding diaryl/α,β-unsaturated/α-hetero) is 1.